The fraction of sp³-hybridized carbons (Fsp3) is 1.00. The summed E-state index contributed by atoms with van der Waals surface area (Å²) in [6, 6.07) is 0.397. The molecule has 3 heteroatoms. The molecule has 1 fully saturated rings. The van der Waals surface area contributed by atoms with E-state index < -0.39 is 0 Å². The first kappa shape index (κ1) is 16.2. The SMILES string of the molecule is CCC(CC)(CC)CN1CC(C)C(N)C1.Cl. The second kappa shape index (κ2) is 6.83. The standard InChI is InChI=1S/C13H28N2.ClH/c1-5-13(6-2,7-3)10-15-8-11(4)12(14)9-15;/h11-12H,5-10,14H2,1-4H3;1H. The van der Waals surface area contributed by atoms with Crippen molar-refractivity contribution >= 4 is 12.4 Å². The summed E-state index contributed by atoms with van der Waals surface area (Å²) >= 11 is 0. The van der Waals surface area contributed by atoms with Crippen LogP contribution < -0.4 is 5.73 Å². The predicted molar refractivity (Wildman–Crippen MR) is 74.1 cm³/mol. The molecule has 0 saturated carbocycles. The van der Waals surface area contributed by atoms with Gasteiger partial charge in [0, 0.05) is 25.7 Å². The van der Waals surface area contributed by atoms with Crippen molar-refractivity contribution in [3.8, 4) is 0 Å². The highest BCUT2D eigenvalue weighted by atomic mass is 35.5. The van der Waals surface area contributed by atoms with Crippen molar-refractivity contribution < 1.29 is 0 Å². The predicted octanol–water partition coefficient (Wildman–Crippen LogP) is 2.90. The van der Waals surface area contributed by atoms with Gasteiger partial charge in [0.25, 0.3) is 0 Å². The minimum absolute atomic E-state index is 0. The maximum atomic E-state index is 6.07. The fourth-order valence-corrected chi connectivity index (χ4v) is 2.78. The average Bonchev–Trinajstić information content (AvgIpc) is 2.55. The van der Waals surface area contributed by atoms with E-state index in [0.29, 0.717) is 17.4 Å². The largest absolute Gasteiger partial charge is 0.326 e. The number of nitrogens with zero attached hydrogens (tertiary/aromatic N) is 1. The highest BCUT2D eigenvalue weighted by Gasteiger charge is 2.32. The maximum Gasteiger partial charge on any atom is 0.0206 e. The zero-order valence-corrected chi connectivity index (χ0v) is 12.1. The number of likely N-dealkylation sites (tertiary alicyclic amines) is 1. The number of halogens is 1. The average molecular weight is 249 g/mol. The molecule has 1 aliphatic rings. The fourth-order valence-electron chi connectivity index (χ4n) is 2.78. The third kappa shape index (κ3) is 3.61. The van der Waals surface area contributed by atoms with Gasteiger partial charge in [0.05, 0.1) is 0 Å². The molecule has 0 spiro atoms. The van der Waals surface area contributed by atoms with Crippen molar-refractivity contribution in [2.45, 2.75) is 53.0 Å². The van der Waals surface area contributed by atoms with Crippen LogP contribution in [0.5, 0.6) is 0 Å². The molecule has 1 aliphatic heterocycles. The molecule has 16 heavy (non-hydrogen) atoms. The van der Waals surface area contributed by atoms with Gasteiger partial charge >= 0.3 is 0 Å². The monoisotopic (exact) mass is 248 g/mol. The van der Waals surface area contributed by atoms with Crippen molar-refractivity contribution in [1.29, 1.82) is 0 Å². The van der Waals surface area contributed by atoms with E-state index in [1.807, 2.05) is 0 Å². The lowest BCUT2D eigenvalue weighted by Gasteiger charge is -2.35. The van der Waals surface area contributed by atoms with E-state index >= 15 is 0 Å². The van der Waals surface area contributed by atoms with E-state index in [0.717, 1.165) is 6.54 Å². The minimum Gasteiger partial charge on any atom is -0.326 e. The van der Waals surface area contributed by atoms with Crippen LogP contribution in [0.1, 0.15) is 47.0 Å². The van der Waals surface area contributed by atoms with Crippen molar-refractivity contribution in [1.82, 2.24) is 4.90 Å². The molecule has 0 aromatic heterocycles. The van der Waals surface area contributed by atoms with Gasteiger partial charge in [0.2, 0.25) is 0 Å². The van der Waals surface area contributed by atoms with Crippen LogP contribution in [-0.2, 0) is 0 Å². The van der Waals surface area contributed by atoms with E-state index in [1.165, 1.54) is 32.4 Å². The highest BCUT2D eigenvalue weighted by molar-refractivity contribution is 5.85. The van der Waals surface area contributed by atoms with Gasteiger partial charge in [-0.3, -0.25) is 0 Å². The lowest BCUT2D eigenvalue weighted by atomic mass is 9.79. The van der Waals surface area contributed by atoms with Crippen LogP contribution in [0.4, 0.5) is 0 Å². The summed E-state index contributed by atoms with van der Waals surface area (Å²) in [5.74, 6) is 0.674. The Hall–Kier alpha value is 0.210. The van der Waals surface area contributed by atoms with Gasteiger partial charge in [-0.2, -0.15) is 0 Å². The minimum atomic E-state index is 0. The molecular weight excluding hydrogens is 220 g/mol. The summed E-state index contributed by atoms with van der Waals surface area (Å²) in [7, 11) is 0. The van der Waals surface area contributed by atoms with Gasteiger partial charge in [-0.25, -0.2) is 0 Å². The summed E-state index contributed by atoms with van der Waals surface area (Å²) in [4.78, 5) is 2.58. The Balaban J connectivity index is 0.00000225. The van der Waals surface area contributed by atoms with E-state index in [9.17, 15) is 0 Å². The molecule has 0 aliphatic carbocycles. The normalized spacial score (nSPS) is 26.8. The second-order valence-electron chi connectivity index (χ2n) is 5.40. The van der Waals surface area contributed by atoms with Gasteiger partial charge in [0.1, 0.15) is 0 Å². The van der Waals surface area contributed by atoms with Crippen LogP contribution in [0.15, 0.2) is 0 Å². The molecule has 1 saturated heterocycles. The van der Waals surface area contributed by atoms with Crippen LogP contribution in [0.25, 0.3) is 0 Å². The van der Waals surface area contributed by atoms with Crippen molar-refractivity contribution in [3.05, 3.63) is 0 Å². The Kier molecular flexibility index (Phi) is 6.92. The lowest BCUT2D eigenvalue weighted by molar-refractivity contribution is 0.149. The quantitative estimate of drug-likeness (QED) is 0.811. The molecule has 2 nitrogen and oxygen atoms in total. The Morgan fingerprint density at radius 1 is 1.12 bits per heavy atom. The Labute approximate surface area is 107 Å². The molecule has 0 amide bonds. The van der Waals surface area contributed by atoms with E-state index in [2.05, 4.69) is 32.6 Å². The van der Waals surface area contributed by atoms with Crippen LogP contribution in [0, 0.1) is 11.3 Å². The Morgan fingerprint density at radius 3 is 1.94 bits per heavy atom. The molecule has 2 atom stereocenters. The smallest absolute Gasteiger partial charge is 0.0206 e. The molecule has 0 bridgehead atoms. The Morgan fingerprint density at radius 2 is 1.62 bits per heavy atom. The van der Waals surface area contributed by atoms with Gasteiger partial charge < -0.3 is 10.6 Å². The van der Waals surface area contributed by atoms with Gasteiger partial charge in [-0.05, 0) is 30.6 Å². The number of nitrogens with two attached hydrogens (primary N) is 1. The lowest BCUT2D eigenvalue weighted by Crippen LogP contribution is -2.37. The molecule has 1 heterocycles. The summed E-state index contributed by atoms with van der Waals surface area (Å²) < 4.78 is 0. The topological polar surface area (TPSA) is 29.3 Å². The molecular formula is C13H29ClN2. The highest BCUT2D eigenvalue weighted by Crippen LogP contribution is 2.32. The molecule has 0 aromatic carbocycles. The number of hydrogen-bond donors (Lipinski definition) is 1. The van der Waals surface area contributed by atoms with E-state index in [4.69, 9.17) is 5.73 Å². The van der Waals surface area contributed by atoms with E-state index in [1.54, 1.807) is 0 Å². The van der Waals surface area contributed by atoms with Crippen LogP contribution in [-0.4, -0.2) is 30.6 Å². The molecule has 2 unspecified atom stereocenters. The summed E-state index contributed by atoms with van der Waals surface area (Å²) in [6.07, 6.45) is 3.88. The third-order valence-corrected chi connectivity index (χ3v) is 4.56. The van der Waals surface area contributed by atoms with Gasteiger partial charge in [0.15, 0.2) is 0 Å². The van der Waals surface area contributed by atoms with Crippen LogP contribution in [0.3, 0.4) is 0 Å². The maximum absolute atomic E-state index is 6.07. The molecule has 98 valence electrons. The first-order chi connectivity index (χ1) is 7.06. The molecule has 2 N–H and O–H groups in total. The Bertz CT molecular complexity index is 174. The van der Waals surface area contributed by atoms with Gasteiger partial charge in [-0.15, -0.1) is 12.4 Å². The van der Waals surface area contributed by atoms with E-state index in [-0.39, 0.29) is 12.4 Å². The van der Waals surface area contributed by atoms with Gasteiger partial charge in [-0.1, -0.05) is 27.7 Å². The summed E-state index contributed by atoms with van der Waals surface area (Å²) in [6.45, 7) is 12.8. The number of hydrogen-bond acceptors (Lipinski definition) is 2. The first-order valence-electron chi connectivity index (χ1n) is 6.54. The van der Waals surface area contributed by atoms with Crippen molar-refractivity contribution in [2.75, 3.05) is 19.6 Å². The van der Waals surface area contributed by atoms with Crippen molar-refractivity contribution in [2.24, 2.45) is 17.1 Å². The third-order valence-electron chi connectivity index (χ3n) is 4.56. The number of rotatable bonds is 5. The van der Waals surface area contributed by atoms with Crippen molar-refractivity contribution in [3.63, 3.8) is 0 Å². The molecule has 0 radical (unpaired) electrons. The zero-order valence-electron chi connectivity index (χ0n) is 11.3. The van der Waals surface area contributed by atoms with Crippen LogP contribution >= 0.6 is 12.4 Å². The second-order valence-corrected chi connectivity index (χ2v) is 5.40. The molecule has 0 aromatic rings. The zero-order chi connectivity index (χ0) is 11.5. The molecule has 1 rings (SSSR count). The van der Waals surface area contributed by atoms with Crippen LogP contribution in [0.2, 0.25) is 0 Å². The first-order valence-corrected chi connectivity index (χ1v) is 6.54. The summed E-state index contributed by atoms with van der Waals surface area (Å²) in [5.41, 5.74) is 6.60. The summed E-state index contributed by atoms with van der Waals surface area (Å²) in [5, 5.41) is 0.